The summed E-state index contributed by atoms with van der Waals surface area (Å²) in [4.78, 5) is 2.49. The van der Waals surface area contributed by atoms with E-state index in [1.165, 1.54) is 38.9 Å². The van der Waals surface area contributed by atoms with E-state index in [2.05, 4.69) is 25.7 Å². The molecule has 0 aromatic rings. The Kier molecular flexibility index (Phi) is 7.04. The van der Waals surface area contributed by atoms with Gasteiger partial charge in [0.15, 0.2) is 0 Å². The number of likely N-dealkylation sites (tertiary alicyclic amines) is 1. The zero-order valence-electron chi connectivity index (χ0n) is 7.69. The van der Waals surface area contributed by atoms with Crippen LogP contribution in [0, 0.1) is 0 Å². The van der Waals surface area contributed by atoms with Gasteiger partial charge in [0.25, 0.3) is 0 Å². The van der Waals surface area contributed by atoms with Gasteiger partial charge < -0.3 is 4.90 Å². The van der Waals surface area contributed by atoms with Crippen molar-refractivity contribution in [2.45, 2.75) is 40.0 Å². The summed E-state index contributed by atoms with van der Waals surface area (Å²) in [6.07, 6.45) is 4.10. The van der Waals surface area contributed by atoms with Gasteiger partial charge in [-0.1, -0.05) is 27.2 Å². The minimum Gasteiger partial charge on any atom is -0.304 e. The van der Waals surface area contributed by atoms with E-state index in [0.29, 0.717) is 0 Å². The Bertz CT molecular complexity index is 55.7. The van der Waals surface area contributed by atoms with Crippen molar-refractivity contribution in [3.8, 4) is 0 Å². The molecule has 0 bridgehead atoms. The fourth-order valence-electron chi connectivity index (χ4n) is 1.10. The molecular weight excluding hydrogens is 122 g/mol. The van der Waals surface area contributed by atoms with Crippen LogP contribution in [0.5, 0.6) is 0 Å². The Labute approximate surface area is 65.4 Å². The lowest BCUT2D eigenvalue weighted by molar-refractivity contribution is 0.359. The second kappa shape index (κ2) is 7.07. The maximum absolute atomic E-state index is 2.49. The lowest BCUT2D eigenvalue weighted by atomic mass is 10.4. The van der Waals surface area contributed by atoms with Crippen LogP contribution in [0.15, 0.2) is 0 Å². The summed E-state index contributed by atoms with van der Waals surface area (Å²) in [6, 6.07) is 0. The van der Waals surface area contributed by atoms with Gasteiger partial charge in [0.05, 0.1) is 0 Å². The highest BCUT2D eigenvalue weighted by Crippen LogP contribution is 2.04. The molecule has 0 aromatic carbocycles. The Hall–Kier alpha value is -0.0400. The Balaban J connectivity index is 0.000000236. The fourth-order valence-corrected chi connectivity index (χ4v) is 1.10. The van der Waals surface area contributed by atoms with Crippen LogP contribution < -0.4 is 0 Å². The molecule has 1 rings (SSSR count). The van der Waals surface area contributed by atoms with Crippen LogP contribution in [0.25, 0.3) is 0 Å². The highest BCUT2D eigenvalue weighted by molar-refractivity contribution is 4.62. The Morgan fingerprint density at radius 1 is 1.00 bits per heavy atom. The molecule has 0 radical (unpaired) electrons. The lowest BCUT2D eigenvalue weighted by Gasteiger charge is -2.08. The number of nitrogens with zero attached hydrogens (tertiary/aromatic N) is 1. The van der Waals surface area contributed by atoms with Crippen LogP contribution >= 0.6 is 0 Å². The van der Waals surface area contributed by atoms with Crippen molar-refractivity contribution in [3.05, 3.63) is 0 Å². The molecule has 1 heteroatoms. The summed E-state index contributed by atoms with van der Waals surface area (Å²) in [5.41, 5.74) is 0. The summed E-state index contributed by atoms with van der Waals surface area (Å²) in [6.45, 7) is 10.4. The van der Waals surface area contributed by atoms with Gasteiger partial charge in [0, 0.05) is 0 Å². The van der Waals surface area contributed by atoms with Crippen LogP contribution in [0.4, 0.5) is 0 Å². The molecule has 0 saturated carbocycles. The molecule has 62 valence electrons. The summed E-state index contributed by atoms with van der Waals surface area (Å²) < 4.78 is 0. The zero-order valence-corrected chi connectivity index (χ0v) is 7.69. The molecule has 0 unspecified atom stereocenters. The average Bonchev–Trinajstić information content (AvgIpc) is 2.39. The van der Waals surface area contributed by atoms with Crippen molar-refractivity contribution in [1.82, 2.24) is 4.90 Å². The van der Waals surface area contributed by atoms with Crippen LogP contribution in [0.2, 0.25) is 0 Å². The number of hydrogen-bond acceptors (Lipinski definition) is 1. The third kappa shape index (κ3) is 4.80. The highest BCUT2D eigenvalue weighted by atomic mass is 15.1. The molecule has 0 N–H and O–H groups in total. The molecule has 1 saturated heterocycles. The molecule has 1 aliphatic heterocycles. The van der Waals surface area contributed by atoms with E-state index < -0.39 is 0 Å². The minimum absolute atomic E-state index is 1.25. The van der Waals surface area contributed by atoms with Crippen molar-refractivity contribution in [2.75, 3.05) is 19.6 Å². The molecular formula is C9H21N. The molecule has 0 amide bonds. The van der Waals surface area contributed by atoms with E-state index >= 15 is 0 Å². The van der Waals surface area contributed by atoms with Crippen LogP contribution in [0.3, 0.4) is 0 Å². The van der Waals surface area contributed by atoms with Crippen molar-refractivity contribution < 1.29 is 0 Å². The van der Waals surface area contributed by atoms with E-state index in [1.807, 2.05) is 0 Å². The largest absolute Gasteiger partial charge is 0.304 e. The molecule has 1 aliphatic rings. The lowest BCUT2D eigenvalue weighted by Crippen LogP contribution is -2.17. The van der Waals surface area contributed by atoms with E-state index in [9.17, 15) is 0 Å². The number of hydrogen-bond donors (Lipinski definition) is 0. The first-order chi connectivity index (χ1) is 4.85. The summed E-state index contributed by atoms with van der Waals surface area (Å²) in [5.74, 6) is 0. The first-order valence-corrected chi connectivity index (χ1v) is 4.57. The molecule has 0 aromatic heterocycles. The topological polar surface area (TPSA) is 3.24 Å². The summed E-state index contributed by atoms with van der Waals surface area (Å²) in [5, 5.41) is 0. The second-order valence-electron chi connectivity index (χ2n) is 2.85. The monoisotopic (exact) mass is 143 g/mol. The SMILES string of the molecule is CCC.CCN1CCCC1. The van der Waals surface area contributed by atoms with Gasteiger partial charge in [-0.3, -0.25) is 0 Å². The van der Waals surface area contributed by atoms with Gasteiger partial charge in [-0.2, -0.15) is 0 Å². The minimum atomic E-state index is 1.25. The first-order valence-electron chi connectivity index (χ1n) is 4.57. The van der Waals surface area contributed by atoms with Gasteiger partial charge >= 0.3 is 0 Å². The third-order valence-corrected chi connectivity index (χ3v) is 1.65. The van der Waals surface area contributed by atoms with Crippen LogP contribution in [-0.4, -0.2) is 24.5 Å². The average molecular weight is 143 g/mol. The van der Waals surface area contributed by atoms with Crippen molar-refractivity contribution in [3.63, 3.8) is 0 Å². The van der Waals surface area contributed by atoms with E-state index in [4.69, 9.17) is 0 Å². The number of rotatable bonds is 1. The normalized spacial score (nSPS) is 18.3. The van der Waals surface area contributed by atoms with Crippen molar-refractivity contribution in [2.24, 2.45) is 0 Å². The van der Waals surface area contributed by atoms with Gasteiger partial charge in [0.1, 0.15) is 0 Å². The second-order valence-corrected chi connectivity index (χ2v) is 2.85. The van der Waals surface area contributed by atoms with Crippen LogP contribution in [-0.2, 0) is 0 Å². The quantitative estimate of drug-likeness (QED) is 0.545. The predicted octanol–water partition coefficient (Wildman–Crippen LogP) is 2.52. The van der Waals surface area contributed by atoms with E-state index in [1.54, 1.807) is 0 Å². The molecule has 1 nitrogen and oxygen atoms in total. The molecule has 0 atom stereocenters. The van der Waals surface area contributed by atoms with Crippen molar-refractivity contribution >= 4 is 0 Å². The smallest absolute Gasteiger partial charge is 0.00184 e. The maximum atomic E-state index is 2.49. The molecule has 0 aliphatic carbocycles. The van der Waals surface area contributed by atoms with Gasteiger partial charge in [-0.05, 0) is 32.5 Å². The van der Waals surface area contributed by atoms with Gasteiger partial charge in [0.2, 0.25) is 0 Å². The molecule has 0 spiro atoms. The Morgan fingerprint density at radius 3 is 1.60 bits per heavy atom. The first kappa shape index (κ1) is 9.96. The third-order valence-electron chi connectivity index (χ3n) is 1.65. The zero-order chi connectivity index (χ0) is 7.82. The highest BCUT2D eigenvalue weighted by Gasteiger charge is 2.06. The standard InChI is InChI=1S/C6H13N.C3H8/c1-2-7-5-3-4-6-7;1-3-2/h2-6H2,1H3;3H2,1-2H3. The Morgan fingerprint density at radius 2 is 1.40 bits per heavy atom. The maximum Gasteiger partial charge on any atom is -0.00184 e. The van der Waals surface area contributed by atoms with Gasteiger partial charge in [-0.15, -0.1) is 0 Å². The molecule has 1 heterocycles. The van der Waals surface area contributed by atoms with E-state index in [-0.39, 0.29) is 0 Å². The molecule has 10 heavy (non-hydrogen) atoms. The predicted molar refractivity (Wildman–Crippen MR) is 47.3 cm³/mol. The fraction of sp³-hybridized carbons (Fsp3) is 1.00. The van der Waals surface area contributed by atoms with Gasteiger partial charge in [-0.25, -0.2) is 0 Å². The molecule has 1 fully saturated rings. The van der Waals surface area contributed by atoms with Crippen molar-refractivity contribution in [1.29, 1.82) is 0 Å². The van der Waals surface area contributed by atoms with E-state index in [0.717, 1.165) is 0 Å². The summed E-state index contributed by atoms with van der Waals surface area (Å²) in [7, 11) is 0. The van der Waals surface area contributed by atoms with Crippen LogP contribution in [0.1, 0.15) is 40.0 Å². The summed E-state index contributed by atoms with van der Waals surface area (Å²) >= 11 is 0.